The van der Waals surface area contributed by atoms with E-state index in [0.29, 0.717) is 10.9 Å². The number of para-hydroxylation sites is 1. The van der Waals surface area contributed by atoms with Gasteiger partial charge in [0.25, 0.3) is 5.91 Å². The van der Waals surface area contributed by atoms with Crippen molar-refractivity contribution in [1.29, 1.82) is 0 Å². The molecule has 0 unspecified atom stereocenters. The molecule has 1 amide bonds. The van der Waals surface area contributed by atoms with Crippen LogP contribution in [0.5, 0.6) is 0 Å². The summed E-state index contributed by atoms with van der Waals surface area (Å²) < 4.78 is 0. The molecule has 2 aliphatic heterocycles. The molecule has 0 fully saturated rings. The lowest BCUT2D eigenvalue weighted by molar-refractivity contribution is -0.116. The zero-order valence-electron chi connectivity index (χ0n) is 17.4. The molecule has 2 heterocycles. The van der Waals surface area contributed by atoms with E-state index >= 15 is 0 Å². The van der Waals surface area contributed by atoms with E-state index in [1.165, 1.54) is 17.3 Å². The number of nitrogens with zero attached hydrogens (tertiary/aromatic N) is 3. The van der Waals surface area contributed by atoms with Gasteiger partial charge in [-0.1, -0.05) is 84.1 Å². The standard InChI is InChI=1S/C25H22N4OS/c1-16-12-13-17(2)20(14-16)23-26-21-11-7-6-10-19(21)22-24(30)27-25(28-29(22)23)31-15-18-8-4-3-5-9-18/h3-14,23H,15H2,1-2H3,(H,27,28,30)/t23-/m1/s1. The Labute approximate surface area is 185 Å². The molecule has 5 rings (SSSR count). The van der Waals surface area contributed by atoms with Crippen molar-refractivity contribution in [3.05, 3.63) is 106 Å². The van der Waals surface area contributed by atoms with Gasteiger partial charge in [-0.05, 0) is 31.0 Å². The number of aryl methyl sites for hydroxylation is 2. The van der Waals surface area contributed by atoms with Gasteiger partial charge in [-0.15, -0.1) is 5.10 Å². The number of hydrogen-bond acceptors (Lipinski definition) is 5. The van der Waals surface area contributed by atoms with Gasteiger partial charge in [-0.25, -0.2) is 5.01 Å². The molecule has 0 spiro atoms. The second-order valence-corrected chi connectivity index (χ2v) is 8.67. The second kappa shape index (κ2) is 8.04. The number of hydrogen-bond donors (Lipinski definition) is 1. The van der Waals surface area contributed by atoms with E-state index in [0.717, 1.165) is 33.0 Å². The van der Waals surface area contributed by atoms with Crippen molar-refractivity contribution in [2.75, 3.05) is 0 Å². The molecule has 154 valence electrons. The molecule has 2 aliphatic rings. The van der Waals surface area contributed by atoms with Crippen LogP contribution < -0.4 is 15.9 Å². The Morgan fingerprint density at radius 3 is 2.61 bits per heavy atom. The normalized spacial score (nSPS) is 17.3. The highest BCUT2D eigenvalue weighted by Crippen LogP contribution is 2.33. The fourth-order valence-electron chi connectivity index (χ4n) is 3.86. The third-order valence-electron chi connectivity index (χ3n) is 5.45. The molecular formula is C25H22N4OS. The second-order valence-electron chi connectivity index (χ2n) is 7.71. The van der Waals surface area contributed by atoms with Gasteiger partial charge in [0, 0.05) is 16.5 Å². The molecule has 0 radical (unpaired) electrons. The number of amidine groups is 1. The highest BCUT2D eigenvalue weighted by Gasteiger charge is 2.35. The quantitative estimate of drug-likeness (QED) is 0.699. The molecule has 0 aromatic heterocycles. The van der Waals surface area contributed by atoms with Crippen LogP contribution in [0.1, 0.15) is 28.4 Å². The van der Waals surface area contributed by atoms with Crippen molar-refractivity contribution < 1.29 is 4.79 Å². The molecule has 0 saturated heterocycles. The van der Waals surface area contributed by atoms with Crippen LogP contribution in [-0.4, -0.2) is 16.1 Å². The summed E-state index contributed by atoms with van der Waals surface area (Å²) in [5, 5.41) is 11.8. The maximum Gasteiger partial charge on any atom is 0.276 e. The van der Waals surface area contributed by atoms with Crippen LogP contribution >= 0.6 is 11.8 Å². The third kappa shape index (κ3) is 3.75. The Morgan fingerprint density at radius 2 is 1.77 bits per heavy atom. The van der Waals surface area contributed by atoms with Gasteiger partial charge in [-0.2, -0.15) is 0 Å². The summed E-state index contributed by atoms with van der Waals surface area (Å²) in [6.45, 7) is 4.14. The Morgan fingerprint density at radius 1 is 1.00 bits per heavy atom. The molecule has 5 nitrogen and oxygen atoms in total. The number of carbonyl (C=O) groups is 1. The van der Waals surface area contributed by atoms with E-state index in [2.05, 4.69) is 49.5 Å². The first-order valence-corrected chi connectivity index (χ1v) is 11.2. The first-order valence-electron chi connectivity index (χ1n) is 10.2. The zero-order chi connectivity index (χ0) is 21.4. The van der Waals surface area contributed by atoms with Gasteiger partial charge < -0.3 is 0 Å². The summed E-state index contributed by atoms with van der Waals surface area (Å²) in [7, 11) is 0. The van der Waals surface area contributed by atoms with Crippen molar-refractivity contribution in [2.24, 2.45) is 10.1 Å². The zero-order valence-corrected chi connectivity index (χ0v) is 18.2. The van der Waals surface area contributed by atoms with Crippen molar-refractivity contribution in [2.45, 2.75) is 25.8 Å². The fourth-order valence-corrected chi connectivity index (χ4v) is 4.67. The topological polar surface area (TPSA) is 57.1 Å². The molecule has 31 heavy (non-hydrogen) atoms. The van der Waals surface area contributed by atoms with E-state index in [-0.39, 0.29) is 12.1 Å². The van der Waals surface area contributed by atoms with Gasteiger partial charge in [0.1, 0.15) is 5.70 Å². The van der Waals surface area contributed by atoms with Gasteiger partial charge in [-0.3, -0.25) is 15.1 Å². The average Bonchev–Trinajstić information content (AvgIpc) is 2.79. The molecule has 0 bridgehead atoms. The predicted octanol–water partition coefficient (Wildman–Crippen LogP) is 3.38. The van der Waals surface area contributed by atoms with Crippen LogP contribution in [0.2, 0.25) is 0 Å². The summed E-state index contributed by atoms with van der Waals surface area (Å²) in [4.78, 5) is 18.2. The van der Waals surface area contributed by atoms with E-state index in [4.69, 9.17) is 10.1 Å². The van der Waals surface area contributed by atoms with Gasteiger partial charge >= 0.3 is 0 Å². The molecule has 3 aromatic rings. The maximum absolute atomic E-state index is 13.2. The SMILES string of the molecule is Cc1ccc(C)c([C@@H]2N=c3ccccc3=C3C(=O)NC(SCc4ccccc4)=NN32)c1. The molecule has 6 heteroatoms. The van der Waals surface area contributed by atoms with Gasteiger partial charge in [0.2, 0.25) is 0 Å². The number of amides is 1. The average molecular weight is 427 g/mol. The smallest absolute Gasteiger partial charge is 0.276 e. The summed E-state index contributed by atoms with van der Waals surface area (Å²) in [5.74, 6) is 0.577. The predicted molar refractivity (Wildman–Crippen MR) is 124 cm³/mol. The Bertz CT molecular complexity index is 1320. The molecule has 1 N–H and O–H groups in total. The molecule has 0 aliphatic carbocycles. The van der Waals surface area contributed by atoms with Crippen LogP contribution in [0.15, 0.2) is 82.9 Å². The lowest BCUT2D eigenvalue weighted by Crippen LogP contribution is -2.50. The lowest BCUT2D eigenvalue weighted by atomic mass is 10.0. The lowest BCUT2D eigenvalue weighted by Gasteiger charge is -2.34. The van der Waals surface area contributed by atoms with Gasteiger partial charge in [0.05, 0.1) is 5.36 Å². The number of fused-ring (bicyclic) bond motifs is 2. The highest BCUT2D eigenvalue weighted by atomic mass is 32.2. The van der Waals surface area contributed by atoms with E-state index < -0.39 is 0 Å². The number of benzene rings is 3. The van der Waals surface area contributed by atoms with Crippen molar-refractivity contribution in [3.63, 3.8) is 0 Å². The minimum absolute atomic E-state index is 0.150. The Kier molecular flexibility index (Phi) is 5.08. The molecule has 3 aromatic carbocycles. The molecule has 0 saturated carbocycles. The maximum atomic E-state index is 13.2. The third-order valence-corrected chi connectivity index (χ3v) is 6.38. The van der Waals surface area contributed by atoms with Crippen LogP contribution in [0.25, 0.3) is 5.70 Å². The van der Waals surface area contributed by atoms with Crippen molar-refractivity contribution in [1.82, 2.24) is 10.3 Å². The fraction of sp³-hybridized carbons (Fsp3) is 0.160. The number of hydrazone groups is 1. The van der Waals surface area contributed by atoms with E-state index in [9.17, 15) is 4.79 Å². The van der Waals surface area contributed by atoms with Crippen molar-refractivity contribution in [3.8, 4) is 0 Å². The highest BCUT2D eigenvalue weighted by molar-refractivity contribution is 8.13. The molecular weight excluding hydrogens is 404 g/mol. The van der Waals surface area contributed by atoms with Crippen LogP contribution in [-0.2, 0) is 10.5 Å². The minimum Gasteiger partial charge on any atom is -0.298 e. The minimum atomic E-state index is -0.386. The van der Waals surface area contributed by atoms with E-state index in [1.54, 1.807) is 5.01 Å². The Hall–Kier alpha value is -3.38. The number of thioether (sulfide) groups is 1. The first-order chi connectivity index (χ1) is 15.1. The molecule has 1 atom stereocenters. The van der Waals surface area contributed by atoms with Gasteiger partial charge in [0.15, 0.2) is 11.3 Å². The van der Waals surface area contributed by atoms with Crippen molar-refractivity contribution >= 4 is 28.5 Å². The Balaban J connectivity index is 1.60. The number of carbonyl (C=O) groups excluding carboxylic acids is 1. The van der Waals surface area contributed by atoms with Crippen LogP contribution in [0.4, 0.5) is 0 Å². The largest absolute Gasteiger partial charge is 0.298 e. The summed E-state index contributed by atoms with van der Waals surface area (Å²) in [5.41, 5.74) is 5.05. The number of nitrogens with one attached hydrogen (secondary N) is 1. The summed E-state index contributed by atoms with van der Waals surface area (Å²) in [6.07, 6.45) is -0.386. The van der Waals surface area contributed by atoms with Crippen LogP contribution in [0.3, 0.4) is 0 Å². The van der Waals surface area contributed by atoms with E-state index in [1.807, 2.05) is 42.5 Å². The van der Waals surface area contributed by atoms with Crippen LogP contribution in [0, 0.1) is 13.8 Å². The first kappa shape index (κ1) is 19.6. The summed E-state index contributed by atoms with van der Waals surface area (Å²) >= 11 is 1.52. The monoisotopic (exact) mass is 426 g/mol. The summed E-state index contributed by atoms with van der Waals surface area (Å²) in [6, 6.07) is 24.2. The number of rotatable bonds is 3.